The van der Waals surface area contributed by atoms with Crippen molar-refractivity contribution >= 4 is 11.8 Å². The number of rotatable bonds is 3. The fourth-order valence-electron chi connectivity index (χ4n) is 1.65. The molecule has 2 rings (SSSR count). The molecule has 1 aromatic rings. The van der Waals surface area contributed by atoms with Crippen LogP contribution in [0, 0.1) is 5.82 Å². The first kappa shape index (κ1) is 9.99. The van der Waals surface area contributed by atoms with Gasteiger partial charge in [0.2, 0.25) is 0 Å². The van der Waals surface area contributed by atoms with Crippen molar-refractivity contribution in [2.45, 2.75) is 23.8 Å². The fraction of sp³-hybridized carbons (Fsp3) is 0.455. The third-order valence-electron chi connectivity index (χ3n) is 2.44. The molecule has 0 aliphatic carbocycles. The summed E-state index contributed by atoms with van der Waals surface area (Å²) in [5.74, 6) is 0.872. The van der Waals surface area contributed by atoms with Crippen LogP contribution in [0.4, 0.5) is 4.39 Å². The summed E-state index contributed by atoms with van der Waals surface area (Å²) in [6.45, 7) is 1.11. The number of benzene rings is 1. The van der Waals surface area contributed by atoms with Crippen LogP contribution < -0.4 is 5.32 Å². The molecule has 0 unspecified atom stereocenters. The summed E-state index contributed by atoms with van der Waals surface area (Å²) in [6.07, 6.45) is 2.48. The maximum absolute atomic E-state index is 13.2. The van der Waals surface area contributed by atoms with Crippen molar-refractivity contribution in [1.82, 2.24) is 5.32 Å². The van der Waals surface area contributed by atoms with E-state index in [1.807, 2.05) is 12.1 Å². The molecule has 1 nitrogen and oxygen atoms in total. The molecule has 1 heterocycles. The number of hydrogen-bond acceptors (Lipinski definition) is 2. The standard InChI is InChI=1S/C11H14FNS/c12-10-5-1-2-6-11(10)14-8-9-4-3-7-13-9/h1-2,5-6,9,13H,3-4,7-8H2/t9-/m0/s1. The van der Waals surface area contributed by atoms with E-state index in [9.17, 15) is 4.39 Å². The summed E-state index contributed by atoms with van der Waals surface area (Å²) in [7, 11) is 0. The zero-order chi connectivity index (χ0) is 9.80. The van der Waals surface area contributed by atoms with Gasteiger partial charge in [0.05, 0.1) is 0 Å². The Morgan fingerprint density at radius 1 is 1.43 bits per heavy atom. The molecule has 1 atom stereocenters. The van der Waals surface area contributed by atoms with Crippen molar-refractivity contribution < 1.29 is 4.39 Å². The molecule has 1 fully saturated rings. The van der Waals surface area contributed by atoms with Gasteiger partial charge < -0.3 is 5.32 Å². The highest BCUT2D eigenvalue weighted by molar-refractivity contribution is 7.99. The van der Waals surface area contributed by atoms with E-state index in [2.05, 4.69) is 5.32 Å². The van der Waals surface area contributed by atoms with E-state index in [1.54, 1.807) is 17.8 Å². The van der Waals surface area contributed by atoms with Crippen LogP contribution in [0.3, 0.4) is 0 Å². The second kappa shape index (κ2) is 4.80. The van der Waals surface area contributed by atoms with Crippen molar-refractivity contribution in [3.63, 3.8) is 0 Å². The van der Waals surface area contributed by atoms with Crippen LogP contribution >= 0.6 is 11.8 Å². The Bertz CT molecular complexity index is 297. The number of nitrogens with one attached hydrogen (secondary N) is 1. The zero-order valence-electron chi connectivity index (χ0n) is 8.00. The van der Waals surface area contributed by atoms with Crippen LogP contribution in [0.15, 0.2) is 29.2 Å². The van der Waals surface area contributed by atoms with E-state index < -0.39 is 0 Å². The molecule has 76 valence electrons. The third-order valence-corrected chi connectivity index (χ3v) is 3.65. The quantitative estimate of drug-likeness (QED) is 0.771. The summed E-state index contributed by atoms with van der Waals surface area (Å²) in [5.41, 5.74) is 0. The first-order chi connectivity index (χ1) is 6.86. The smallest absolute Gasteiger partial charge is 0.136 e. The molecule has 0 saturated carbocycles. The topological polar surface area (TPSA) is 12.0 Å². The average Bonchev–Trinajstić information content (AvgIpc) is 2.69. The Labute approximate surface area is 88.1 Å². The first-order valence-electron chi connectivity index (χ1n) is 4.97. The first-order valence-corrected chi connectivity index (χ1v) is 5.95. The normalized spacial score (nSPS) is 21.4. The van der Waals surface area contributed by atoms with E-state index in [0.29, 0.717) is 6.04 Å². The Kier molecular flexibility index (Phi) is 3.43. The van der Waals surface area contributed by atoms with E-state index in [4.69, 9.17) is 0 Å². The van der Waals surface area contributed by atoms with Crippen LogP contribution in [0.5, 0.6) is 0 Å². The van der Waals surface area contributed by atoms with E-state index >= 15 is 0 Å². The lowest BCUT2D eigenvalue weighted by atomic mass is 10.3. The van der Waals surface area contributed by atoms with Crippen molar-refractivity contribution in [2.24, 2.45) is 0 Å². The highest BCUT2D eigenvalue weighted by atomic mass is 32.2. The zero-order valence-corrected chi connectivity index (χ0v) is 8.82. The minimum Gasteiger partial charge on any atom is -0.313 e. The molecule has 0 aromatic heterocycles. The molecule has 0 spiro atoms. The van der Waals surface area contributed by atoms with Crippen LogP contribution in [-0.4, -0.2) is 18.3 Å². The molecule has 1 N–H and O–H groups in total. The van der Waals surface area contributed by atoms with Crippen molar-refractivity contribution in [2.75, 3.05) is 12.3 Å². The van der Waals surface area contributed by atoms with Crippen LogP contribution in [-0.2, 0) is 0 Å². The largest absolute Gasteiger partial charge is 0.313 e. The Balaban J connectivity index is 1.88. The van der Waals surface area contributed by atoms with Gasteiger partial charge in [0.1, 0.15) is 5.82 Å². The molecule has 1 aromatic carbocycles. The average molecular weight is 211 g/mol. The van der Waals surface area contributed by atoms with Gasteiger partial charge in [0.25, 0.3) is 0 Å². The molecule has 3 heteroatoms. The van der Waals surface area contributed by atoms with Gasteiger partial charge in [-0.2, -0.15) is 0 Å². The summed E-state index contributed by atoms with van der Waals surface area (Å²) in [5, 5.41) is 3.40. The van der Waals surface area contributed by atoms with E-state index in [1.165, 1.54) is 18.9 Å². The Morgan fingerprint density at radius 3 is 3.00 bits per heavy atom. The molecule has 0 amide bonds. The van der Waals surface area contributed by atoms with E-state index in [0.717, 1.165) is 17.2 Å². The lowest BCUT2D eigenvalue weighted by Crippen LogP contribution is -2.23. The molecule has 1 aliphatic heterocycles. The van der Waals surface area contributed by atoms with Gasteiger partial charge in [0, 0.05) is 16.7 Å². The van der Waals surface area contributed by atoms with Gasteiger partial charge >= 0.3 is 0 Å². The minimum atomic E-state index is -0.101. The molecule has 14 heavy (non-hydrogen) atoms. The summed E-state index contributed by atoms with van der Waals surface area (Å²) in [6, 6.07) is 7.54. The number of thioether (sulfide) groups is 1. The SMILES string of the molecule is Fc1ccccc1SC[C@@H]1CCCN1. The summed E-state index contributed by atoms with van der Waals surface area (Å²) < 4.78 is 13.2. The predicted molar refractivity (Wildman–Crippen MR) is 58.1 cm³/mol. The maximum Gasteiger partial charge on any atom is 0.136 e. The predicted octanol–water partition coefficient (Wildman–Crippen LogP) is 2.67. The summed E-state index contributed by atoms with van der Waals surface area (Å²) >= 11 is 1.61. The van der Waals surface area contributed by atoms with Crippen LogP contribution in [0.1, 0.15) is 12.8 Å². The molecular weight excluding hydrogens is 197 g/mol. The fourth-order valence-corrected chi connectivity index (χ4v) is 2.70. The Morgan fingerprint density at radius 2 is 2.29 bits per heavy atom. The lowest BCUT2D eigenvalue weighted by molar-refractivity contribution is 0.601. The van der Waals surface area contributed by atoms with Crippen LogP contribution in [0.2, 0.25) is 0 Å². The molecular formula is C11H14FNS. The number of halogens is 1. The maximum atomic E-state index is 13.2. The summed E-state index contributed by atoms with van der Waals surface area (Å²) in [4.78, 5) is 0.765. The molecule has 1 saturated heterocycles. The second-order valence-corrected chi connectivity index (χ2v) is 4.60. The molecule has 0 radical (unpaired) electrons. The molecule has 1 aliphatic rings. The Hall–Kier alpha value is -0.540. The van der Waals surface area contributed by atoms with Crippen molar-refractivity contribution in [1.29, 1.82) is 0 Å². The van der Waals surface area contributed by atoms with Crippen molar-refractivity contribution in [3.8, 4) is 0 Å². The van der Waals surface area contributed by atoms with Gasteiger partial charge in [0.15, 0.2) is 0 Å². The minimum absolute atomic E-state index is 0.101. The van der Waals surface area contributed by atoms with Gasteiger partial charge in [-0.3, -0.25) is 0 Å². The lowest BCUT2D eigenvalue weighted by Gasteiger charge is -2.09. The highest BCUT2D eigenvalue weighted by Crippen LogP contribution is 2.23. The third kappa shape index (κ3) is 2.49. The second-order valence-electron chi connectivity index (χ2n) is 3.53. The van der Waals surface area contributed by atoms with Crippen LogP contribution in [0.25, 0.3) is 0 Å². The van der Waals surface area contributed by atoms with Gasteiger partial charge in [-0.25, -0.2) is 4.39 Å². The van der Waals surface area contributed by atoms with Gasteiger partial charge in [-0.05, 0) is 31.5 Å². The monoisotopic (exact) mass is 211 g/mol. The molecule has 0 bridgehead atoms. The van der Waals surface area contributed by atoms with Crippen molar-refractivity contribution in [3.05, 3.63) is 30.1 Å². The van der Waals surface area contributed by atoms with Gasteiger partial charge in [-0.1, -0.05) is 12.1 Å². The van der Waals surface area contributed by atoms with E-state index in [-0.39, 0.29) is 5.82 Å². The highest BCUT2D eigenvalue weighted by Gasteiger charge is 2.14. The number of hydrogen-bond donors (Lipinski definition) is 1. The van der Waals surface area contributed by atoms with Gasteiger partial charge in [-0.15, -0.1) is 11.8 Å².